The molecule has 0 aliphatic heterocycles. The summed E-state index contributed by atoms with van der Waals surface area (Å²) in [5.74, 6) is 5.87. The molecule has 102 valence electrons. The predicted molar refractivity (Wildman–Crippen MR) is 68.7 cm³/mol. The van der Waals surface area contributed by atoms with Crippen LogP contribution in [0.4, 0.5) is 4.39 Å². The Morgan fingerprint density at radius 3 is 2.61 bits per heavy atom. The molecule has 1 aromatic carbocycles. The zero-order chi connectivity index (χ0) is 13.5. The van der Waals surface area contributed by atoms with Crippen LogP contribution in [0.25, 0.3) is 0 Å². The predicted octanol–water partition coefficient (Wildman–Crippen LogP) is 2.01. The van der Waals surface area contributed by atoms with E-state index in [-0.39, 0.29) is 17.8 Å². The highest BCUT2D eigenvalue weighted by Gasteiger charge is 2.21. The molecule has 0 aliphatic carbocycles. The number of halogens is 1. The molecule has 0 spiro atoms. The lowest BCUT2D eigenvalue weighted by molar-refractivity contribution is 0.169. The molecule has 0 saturated carbocycles. The first-order valence-electron chi connectivity index (χ1n) is 5.92. The number of methoxy groups -OCH3 is 2. The summed E-state index contributed by atoms with van der Waals surface area (Å²) >= 11 is 0. The number of hydrazine groups is 1. The highest BCUT2D eigenvalue weighted by molar-refractivity contribution is 5.31. The highest BCUT2D eigenvalue weighted by Crippen LogP contribution is 2.28. The van der Waals surface area contributed by atoms with E-state index >= 15 is 0 Å². The molecule has 1 aromatic rings. The van der Waals surface area contributed by atoms with E-state index in [0.29, 0.717) is 17.9 Å². The minimum Gasteiger partial charge on any atom is -0.497 e. The SMILES string of the molecule is COCCC(C)C(NN)c1ccc(OC)cc1F. The third-order valence-corrected chi connectivity index (χ3v) is 3.07. The fraction of sp³-hybridized carbons (Fsp3) is 0.538. The van der Waals surface area contributed by atoms with Gasteiger partial charge in [0.15, 0.2) is 0 Å². The lowest BCUT2D eigenvalue weighted by Gasteiger charge is -2.24. The molecule has 2 unspecified atom stereocenters. The Hall–Kier alpha value is -1.17. The Labute approximate surface area is 107 Å². The first-order chi connectivity index (χ1) is 8.63. The van der Waals surface area contributed by atoms with E-state index in [4.69, 9.17) is 15.3 Å². The van der Waals surface area contributed by atoms with E-state index in [2.05, 4.69) is 5.43 Å². The first kappa shape index (κ1) is 14.9. The fourth-order valence-corrected chi connectivity index (χ4v) is 1.92. The van der Waals surface area contributed by atoms with Gasteiger partial charge in [0.2, 0.25) is 0 Å². The Balaban J connectivity index is 2.87. The van der Waals surface area contributed by atoms with Crippen LogP contribution in [0.3, 0.4) is 0 Å². The third kappa shape index (κ3) is 3.66. The molecular formula is C13H21FN2O2. The normalized spacial score (nSPS) is 14.3. The van der Waals surface area contributed by atoms with Crippen molar-refractivity contribution in [2.24, 2.45) is 11.8 Å². The second-order valence-electron chi connectivity index (χ2n) is 4.29. The minimum absolute atomic E-state index is 0.165. The van der Waals surface area contributed by atoms with Gasteiger partial charge in [-0.3, -0.25) is 11.3 Å². The van der Waals surface area contributed by atoms with Gasteiger partial charge >= 0.3 is 0 Å². The first-order valence-corrected chi connectivity index (χ1v) is 5.92. The quantitative estimate of drug-likeness (QED) is 0.579. The number of hydrogen-bond donors (Lipinski definition) is 2. The summed E-state index contributed by atoms with van der Waals surface area (Å²) in [4.78, 5) is 0. The van der Waals surface area contributed by atoms with Gasteiger partial charge in [-0.25, -0.2) is 4.39 Å². The zero-order valence-corrected chi connectivity index (χ0v) is 11.1. The van der Waals surface area contributed by atoms with Crippen LogP contribution in [0.15, 0.2) is 18.2 Å². The molecule has 5 heteroatoms. The summed E-state index contributed by atoms with van der Waals surface area (Å²) in [6.45, 7) is 2.63. The molecule has 3 N–H and O–H groups in total. The number of nitrogens with two attached hydrogens (primary N) is 1. The van der Waals surface area contributed by atoms with Crippen LogP contribution < -0.4 is 16.0 Å². The molecule has 0 heterocycles. The van der Waals surface area contributed by atoms with Gasteiger partial charge in [0.05, 0.1) is 13.2 Å². The van der Waals surface area contributed by atoms with Gasteiger partial charge in [-0.1, -0.05) is 13.0 Å². The van der Waals surface area contributed by atoms with Crippen molar-refractivity contribution in [2.75, 3.05) is 20.8 Å². The number of benzene rings is 1. The van der Waals surface area contributed by atoms with Crippen molar-refractivity contribution in [2.45, 2.75) is 19.4 Å². The van der Waals surface area contributed by atoms with E-state index in [1.807, 2.05) is 6.92 Å². The van der Waals surface area contributed by atoms with Crippen LogP contribution in [0.2, 0.25) is 0 Å². The Kier molecular flexibility index (Phi) is 6.04. The number of nitrogens with one attached hydrogen (secondary N) is 1. The smallest absolute Gasteiger partial charge is 0.131 e. The lowest BCUT2D eigenvalue weighted by Crippen LogP contribution is -2.33. The Morgan fingerprint density at radius 2 is 2.11 bits per heavy atom. The average Bonchev–Trinajstić information content (AvgIpc) is 2.38. The Bertz CT molecular complexity index is 374. The average molecular weight is 256 g/mol. The summed E-state index contributed by atoms with van der Waals surface area (Å²) in [5, 5.41) is 0. The molecular weight excluding hydrogens is 235 g/mol. The molecule has 0 aromatic heterocycles. The summed E-state index contributed by atoms with van der Waals surface area (Å²) in [5.41, 5.74) is 3.21. The van der Waals surface area contributed by atoms with E-state index in [0.717, 1.165) is 6.42 Å². The minimum atomic E-state index is -0.318. The molecule has 0 bridgehead atoms. The monoisotopic (exact) mass is 256 g/mol. The van der Waals surface area contributed by atoms with Crippen LogP contribution in [0.5, 0.6) is 5.75 Å². The summed E-state index contributed by atoms with van der Waals surface area (Å²) in [6.07, 6.45) is 0.802. The summed E-state index contributed by atoms with van der Waals surface area (Å²) in [7, 11) is 3.15. The molecule has 1 rings (SSSR count). The van der Waals surface area contributed by atoms with Crippen molar-refractivity contribution in [3.05, 3.63) is 29.6 Å². The maximum absolute atomic E-state index is 13.9. The van der Waals surface area contributed by atoms with E-state index in [1.54, 1.807) is 19.2 Å². The molecule has 0 radical (unpaired) electrons. The van der Waals surface area contributed by atoms with Gasteiger partial charge < -0.3 is 9.47 Å². The number of rotatable bonds is 7. The maximum atomic E-state index is 13.9. The third-order valence-electron chi connectivity index (χ3n) is 3.07. The van der Waals surface area contributed by atoms with Crippen molar-refractivity contribution >= 4 is 0 Å². The van der Waals surface area contributed by atoms with Crippen LogP contribution >= 0.6 is 0 Å². The van der Waals surface area contributed by atoms with Crippen LogP contribution in [0, 0.1) is 11.7 Å². The molecule has 0 aliphatic rings. The molecule has 0 amide bonds. The highest BCUT2D eigenvalue weighted by atomic mass is 19.1. The Morgan fingerprint density at radius 1 is 1.39 bits per heavy atom. The van der Waals surface area contributed by atoms with Gasteiger partial charge in [-0.2, -0.15) is 0 Å². The zero-order valence-electron chi connectivity index (χ0n) is 11.1. The van der Waals surface area contributed by atoms with Gasteiger partial charge in [-0.15, -0.1) is 0 Å². The standard InChI is InChI=1S/C13H21FN2O2/c1-9(6-7-17-2)13(16-15)11-5-4-10(18-3)8-12(11)14/h4-5,8-9,13,16H,6-7,15H2,1-3H3. The van der Waals surface area contributed by atoms with Crippen LogP contribution in [0.1, 0.15) is 24.9 Å². The molecule has 18 heavy (non-hydrogen) atoms. The summed E-state index contributed by atoms with van der Waals surface area (Å²) in [6, 6.07) is 4.54. The topological polar surface area (TPSA) is 56.5 Å². The van der Waals surface area contributed by atoms with Gasteiger partial charge in [0.25, 0.3) is 0 Å². The lowest BCUT2D eigenvalue weighted by atomic mass is 9.92. The van der Waals surface area contributed by atoms with E-state index in [1.165, 1.54) is 13.2 Å². The molecule has 0 fully saturated rings. The van der Waals surface area contributed by atoms with Crippen molar-refractivity contribution in [1.82, 2.24) is 5.43 Å². The van der Waals surface area contributed by atoms with Crippen molar-refractivity contribution in [3.63, 3.8) is 0 Å². The fourth-order valence-electron chi connectivity index (χ4n) is 1.92. The molecule has 2 atom stereocenters. The second-order valence-corrected chi connectivity index (χ2v) is 4.29. The number of hydrogen-bond acceptors (Lipinski definition) is 4. The number of ether oxygens (including phenoxy) is 2. The summed E-state index contributed by atoms with van der Waals surface area (Å²) < 4.78 is 24.0. The van der Waals surface area contributed by atoms with Crippen LogP contribution in [-0.2, 0) is 4.74 Å². The van der Waals surface area contributed by atoms with Crippen molar-refractivity contribution in [1.29, 1.82) is 0 Å². The van der Waals surface area contributed by atoms with E-state index in [9.17, 15) is 4.39 Å². The van der Waals surface area contributed by atoms with Gasteiger partial charge in [-0.05, 0) is 18.4 Å². The molecule has 4 nitrogen and oxygen atoms in total. The van der Waals surface area contributed by atoms with E-state index < -0.39 is 0 Å². The van der Waals surface area contributed by atoms with Gasteiger partial charge in [0.1, 0.15) is 11.6 Å². The second kappa shape index (κ2) is 7.31. The van der Waals surface area contributed by atoms with Crippen molar-refractivity contribution in [3.8, 4) is 5.75 Å². The van der Waals surface area contributed by atoms with Crippen molar-refractivity contribution < 1.29 is 13.9 Å². The largest absolute Gasteiger partial charge is 0.497 e. The van der Waals surface area contributed by atoms with Gasteiger partial charge in [0, 0.05) is 25.3 Å². The maximum Gasteiger partial charge on any atom is 0.131 e. The van der Waals surface area contributed by atoms with Crippen LogP contribution in [-0.4, -0.2) is 20.8 Å². The molecule has 0 saturated heterocycles.